The van der Waals surface area contributed by atoms with Crippen molar-refractivity contribution in [3.63, 3.8) is 0 Å². The Balaban J connectivity index is 1.02. The van der Waals surface area contributed by atoms with Gasteiger partial charge in [0.2, 0.25) is 5.91 Å². The zero-order valence-electron chi connectivity index (χ0n) is 35.2. The minimum absolute atomic E-state index is 0.0171. The Morgan fingerprint density at radius 1 is 0.954 bits per heavy atom. The number of hydrogen-bond donors (Lipinski definition) is 3. The molecule has 6 aromatic rings. The summed E-state index contributed by atoms with van der Waals surface area (Å²) in [5.41, 5.74) is 6.18. The summed E-state index contributed by atoms with van der Waals surface area (Å²) in [5, 5.41) is 26.7. The fourth-order valence-corrected chi connectivity index (χ4v) is 11.1. The summed E-state index contributed by atoms with van der Waals surface area (Å²) in [6, 6.07) is 30.0. The van der Waals surface area contributed by atoms with Gasteiger partial charge in [-0.2, -0.15) is 9.57 Å². The molecule has 5 aromatic carbocycles. The van der Waals surface area contributed by atoms with E-state index >= 15 is 0 Å². The van der Waals surface area contributed by atoms with Gasteiger partial charge in [-0.05, 0) is 107 Å². The number of aromatic nitrogens is 1. The van der Waals surface area contributed by atoms with E-state index in [0.29, 0.717) is 67.8 Å². The SMILES string of the molecule is CCCNc1nc(C)c(S(=O)(=O)N2Cc3cc4c(cc3CC2C(=O)NC(Cc2ccc(-c3ccc(C#N)cc3)cc2)C(=O)O)OCC(c2ccc(OCc3ccc(Cl)c(Cl)c3)cc2)O4)s1. The molecule has 0 fully saturated rings. The quantitative estimate of drug-likeness (QED) is 0.0894. The van der Waals surface area contributed by atoms with Gasteiger partial charge in [0.15, 0.2) is 26.9 Å². The van der Waals surface area contributed by atoms with Crippen LogP contribution in [-0.4, -0.2) is 59.9 Å². The number of sulfonamides is 1. The van der Waals surface area contributed by atoms with Crippen molar-refractivity contribution in [3.8, 4) is 34.4 Å². The van der Waals surface area contributed by atoms with E-state index in [9.17, 15) is 23.1 Å². The molecule has 0 saturated carbocycles. The third kappa shape index (κ3) is 10.2. The second-order valence-corrected chi connectivity index (χ2v) is 19.6. The van der Waals surface area contributed by atoms with Crippen molar-refractivity contribution in [2.45, 2.75) is 68.7 Å². The predicted octanol–water partition coefficient (Wildman–Crippen LogP) is 9.14. The first-order chi connectivity index (χ1) is 31.3. The van der Waals surface area contributed by atoms with Crippen molar-refractivity contribution in [3.05, 3.63) is 152 Å². The Morgan fingerprint density at radius 2 is 1.65 bits per heavy atom. The number of nitriles is 1. The molecule has 17 heteroatoms. The smallest absolute Gasteiger partial charge is 0.326 e. The van der Waals surface area contributed by atoms with Gasteiger partial charge in [0, 0.05) is 19.5 Å². The third-order valence-electron chi connectivity index (χ3n) is 11.1. The average Bonchev–Trinajstić information content (AvgIpc) is 3.70. The standard InChI is InChI=1S/C48H43Cl2N5O8S2/c1-3-18-52-48-53-28(2)47(64-48)65(59,60)55-25-36-23-43-42(62-27-44(63-43)34-13-15-37(16-14-34)61-26-31-8-17-38(49)39(50)19-31)22-35(36)21-41(55)45(56)54-40(46(57)58)20-29-4-9-32(10-5-29)33-11-6-30(24-51)7-12-33/h4-17,19,22-23,40-41,44H,3,18,20-21,25-27H2,1-2H3,(H,52,53)(H,54,56)(H,57,58). The first kappa shape index (κ1) is 45.4. The van der Waals surface area contributed by atoms with Crippen LogP contribution in [0.15, 0.2) is 107 Å². The van der Waals surface area contributed by atoms with Crippen molar-refractivity contribution >= 4 is 61.6 Å². The molecule has 8 rings (SSSR count). The summed E-state index contributed by atoms with van der Waals surface area (Å²) in [4.78, 5) is 31.5. The maximum absolute atomic E-state index is 14.7. The Labute approximate surface area is 390 Å². The highest BCUT2D eigenvalue weighted by Gasteiger charge is 2.43. The van der Waals surface area contributed by atoms with Gasteiger partial charge in [-0.15, -0.1) is 0 Å². The molecule has 1 aromatic heterocycles. The van der Waals surface area contributed by atoms with Gasteiger partial charge < -0.3 is 30.0 Å². The number of rotatable bonds is 15. The van der Waals surface area contributed by atoms with E-state index in [1.165, 1.54) is 0 Å². The number of amides is 1. The van der Waals surface area contributed by atoms with Gasteiger partial charge in [-0.3, -0.25) is 4.79 Å². The lowest BCUT2D eigenvalue weighted by Crippen LogP contribution is -2.55. The molecule has 3 heterocycles. The zero-order chi connectivity index (χ0) is 45.8. The van der Waals surface area contributed by atoms with Crippen molar-refractivity contribution < 1.29 is 37.3 Å². The zero-order valence-corrected chi connectivity index (χ0v) is 38.4. The molecule has 0 bridgehead atoms. The number of carboxylic acid groups (broad SMARTS) is 1. The summed E-state index contributed by atoms with van der Waals surface area (Å²) in [6.45, 7) is 4.47. The van der Waals surface area contributed by atoms with Crippen LogP contribution in [0.1, 0.15) is 58.5 Å². The number of fused-ring (bicyclic) bond motifs is 2. The van der Waals surface area contributed by atoms with E-state index in [2.05, 4.69) is 21.7 Å². The molecule has 65 heavy (non-hydrogen) atoms. The molecule has 3 unspecified atom stereocenters. The normalized spacial score (nSPS) is 16.2. The summed E-state index contributed by atoms with van der Waals surface area (Å²) in [7, 11) is -4.36. The van der Waals surface area contributed by atoms with Gasteiger partial charge in [0.05, 0.1) is 27.4 Å². The molecule has 0 spiro atoms. The maximum atomic E-state index is 14.7. The highest BCUT2D eigenvalue weighted by Crippen LogP contribution is 2.42. The number of halogens is 2. The number of carbonyl (C=O) groups excluding carboxylic acids is 1. The highest BCUT2D eigenvalue weighted by atomic mass is 35.5. The molecular weight excluding hydrogens is 910 g/mol. The van der Waals surface area contributed by atoms with Crippen LogP contribution in [0.4, 0.5) is 5.13 Å². The lowest BCUT2D eigenvalue weighted by Gasteiger charge is -2.36. The van der Waals surface area contributed by atoms with Crippen LogP contribution in [0.3, 0.4) is 0 Å². The first-order valence-electron chi connectivity index (χ1n) is 20.8. The number of anilines is 1. The average molecular weight is 953 g/mol. The van der Waals surface area contributed by atoms with Crippen molar-refractivity contribution in [1.82, 2.24) is 14.6 Å². The molecule has 0 aliphatic carbocycles. The molecule has 2 aliphatic heterocycles. The predicted molar refractivity (Wildman–Crippen MR) is 248 cm³/mol. The summed E-state index contributed by atoms with van der Waals surface area (Å²) >= 11 is 13.2. The Kier molecular flexibility index (Phi) is 13.6. The Morgan fingerprint density at radius 3 is 2.32 bits per heavy atom. The minimum Gasteiger partial charge on any atom is -0.489 e. The number of nitrogens with zero attached hydrogens (tertiary/aromatic N) is 3. The van der Waals surface area contributed by atoms with Crippen LogP contribution in [0.2, 0.25) is 10.0 Å². The fourth-order valence-electron chi connectivity index (χ4n) is 7.65. The van der Waals surface area contributed by atoms with Crippen LogP contribution < -0.4 is 24.8 Å². The summed E-state index contributed by atoms with van der Waals surface area (Å²) in [6.07, 6.45) is 0.199. The van der Waals surface area contributed by atoms with Gasteiger partial charge in [-0.25, -0.2) is 18.2 Å². The molecular formula is C48H43Cl2N5O8S2. The third-order valence-corrected chi connectivity index (χ3v) is 15.4. The van der Waals surface area contributed by atoms with Gasteiger partial charge in [-0.1, -0.05) is 96.1 Å². The van der Waals surface area contributed by atoms with Crippen molar-refractivity contribution in [2.75, 3.05) is 18.5 Å². The van der Waals surface area contributed by atoms with E-state index in [-0.39, 0.29) is 35.9 Å². The number of thiazole rings is 1. The highest BCUT2D eigenvalue weighted by molar-refractivity contribution is 7.91. The van der Waals surface area contributed by atoms with Crippen molar-refractivity contribution in [2.24, 2.45) is 0 Å². The lowest BCUT2D eigenvalue weighted by atomic mass is 9.94. The number of nitrogens with one attached hydrogen (secondary N) is 2. The van der Waals surface area contributed by atoms with E-state index in [0.717, 1.165) is 44.3 Å². The topological polar surface area (TPSA) is 180 Å². The molecule has 2 aliphatic rings. The number of aryl methyl sites for hydroxylation is 1. The van der Waals surface area contributed by atoms with Crippen molar-refractivity contribution in [1.29, 1.82) is 5.26 Å². The molecule has 0 radical (unpaired) electrons. The van der Waals surface area contributed by atoms with Gasteiger partial charge in [0.1, 0.15) is 31.0 Å². The largest absolute Gasteiger partial charge is 0.489 e. The molecule has 13 nitrogen and oxygen atoms in total. The number of carboxylic acids is 1. The van der Waals surface area contributed by atoms with Crippen LogP contribution in [0, 0.1) is 18.3 Å². The summed E-state index contributed by atoms with van der Waals surface area (Å²) < 4.78 is 49.1. The van der Waals surface area contributed by atoms with E-state index < -0.39 is 40.1 Å². The molecule has 3 N–H and O–H groups in total. The van der Waals surface area contributed by atoms with Crippen LogP contribution >= 0.6 is 34.5 Å². The van der Waals surface area contributed by atoms with E-state index in [1.54, 1.807) is 55.5 Å². The van der Waals surface area contributed by atoms with Crippen LogP contribution in [-0.2, 0) is 45.6 Å². The second-order valence-electron chi connectivity index (χ2n) is 15.7. The molecule has 334 valence electrons. The lowest BCUT2D eigenvalue weighted by molar-refractivity contribution is -0.142. The molecule has 3 atom stereocenters. The first-order valence-corrected chi connectivity index (χ1v) is 23.8. The van der Waals surface area contributed by atoms with Gasteiger partial charge >= 0.3 is 5.97 Å². The fraction of sp³-hybridized carbons (Fsp3) is 0.250. The summed E-state index contributed by atoms with van der Waals surface area (Å²) in [5.74, 6) is -0.539. The number of hydrogen-bond acceptors (Lipinski definition) is 11. The number of carbonyl (C=O) groups is 2. The molecule has 1 amide bonds. The number of ether oxygens (including phenoxy) is 3. The Hall–Kier alpha value is -6.15. The van der Waals surface area contributed by atoms with Gasteiger partial charge in [0.25, 0.3) is 10.0 Å². The second kappa shape index (κ2) is 19.5. The Bertz CT molecular complexity index is 2890. The molecule has 0 saturated heterocycles. The number of benzene rings is 5. The van der Waals surface area contributed by atoms with E-state index in [1.807, 2.05) is 61.5 Å². The van der Waals surface area contributed by atoms with Crippen LogP contribution in [0.5, 0.6) is 17.2 Å². The monoisotopic (exact) mass is 951 g/mol. The minimum atomic E-state index is -4.36. The number of aliphatic carboxylic acids is 1. The van der Waals surface area contributed by atoms with E-state index in [4.69, 9.17) is 42.7 Å². The maximum Gasteiger partial charge on any atom is 0.326 e. The van der Waals surface area contributed by atoms with Crippen LogP contribution in [0.25, 0.3) is 11.1 Å².